The highest BCUT2D eigenvalue weighted by molar-refractivity contribution is 5.95. The van der Waals surface area contributed by atoms with E-state index >= 15 is 0 Å². The molecule has 1 fully saturated rings. The van der Waals surface area contributed by atoms with E-state index in [1.54, 1.807) is 18.1 Å². The van der Waals surface area contributed by atoms with Crippen LogP contribution in [0.3, 0.4) is 0 Å². The second kappa shape index (κ2) is 5.71. The van der Waals surface area contributed by atoms with Gasteiger partial charge in [0.25, 0.3) is 0 Å². The van der Waals surface area contributed by atoms with E-state index in [1.807, 2.05) is 32.9 Å². The number of methoxy groups -OCH3 is 1. The van der Waals surface area contributed by atoms with E-state index in [9.17, 15) is 9.59 Å². The molecule has 1 aliphatic heterocycles. The summed E-state index contributed by atoms with van der Waals surface area (Å²) in [6, 6.07) is 4.88. The predicted octanol–water partition coefficient (Wildman–Crippen LogP) is 0.963. The molecule has 1 aromatic heterocycles. The van der Waals surface area contributed by atoms with Crippen molar-refractivity contribution in [1.82, 2.24) is 15.2 Å². The van der Waals surface area contributed by atoms with Gasteiger partial charge < -0.3 is 15.0 Å². The van der Waals surface area contributed by atoms with Crippen LogP contribution in [0.5, 0.6) is 5.88 Å². The fourth-order valence-corrected chi connectivity index (χ4v) is 2.52. The van der Waals surface area contributed by atoms with Gasteiger partial charge in [0.15, 0.2) is 0 Å². The molecule has 0 radical (unpaired) electrons. The Bertz CT molecular complexity index is 551. The van der Waals surface area contributed by atoms with Gasteiger partial charge in [-0.1, -0.05) is 26.8 Å². The number of amides is 2. The largest absolute Gasteiger partial charge is 0.481 e. The first-order valence-corrected chi connectivity index (χ1v) is 6.90. The van der Waals surface area contributed by atoms with Crippen molar-refractivity contribution in [3.05, 3.63) is 23.9 Å². The minimum absolute atomic E-state index is 0.0371. The van der Waals surface area contributed by atoms with Gasteiger partial charge in [-0.25, -0.2) is 4.98 Å². The van der Waals surface area contributed by atoms with E-state index < -0.39 is 6.04 Å². The zero-order valence-electron chi connectivity index (χ0n) is 12.8. The third kappa shape index (κ3) is 3.32. The molecule has 21 heavy (non-hydrogen) atoms. The highest BCUT2D eigenvalue weighted by Crippen LogP contribution is 2.27. The molecule has 0 aliphatic carbocycles. The highest BCUT2D eigenvalue weighted by Gasteiger charge is 2.42. The number of ether oxygens (including phenoxy) is 1. The molecule has 0 bridgehead atoms. The summed E-state index contributed by atoms with van der Waals surface area (Å²) in [5, 5.41) is 2.65. The molecule has 2 rings (SSSR count). The number of nitrogens with zero attached hydrogens (tertiary/aromatic N) is 2. The number of piperazine rings is 1. The van der Waals surface area contributed by atoms with E-state index in [2.05, 4.69) is 10.3 Å². The first kappa shape index (κ1) is 15.3. The maximum atomic E-state index is 12.2. The predicted molar refractivity (Wildman–Crippen MR) is 77.6 cm³/mol. The van der Waals surface area contributed by atoms with Crippen molar-refractivity contribution in [3.63, 3.8) is 0 Å². The minimum atomic E-state index is -0.508. The van der Waals surface area contributed by atoms with E-state index in [0.717, 1.165) is 0 Å². The minimum Gasteiger partial charge on any atom is -0.481 e. The zero-order valence-corrected chi connectivity index (χ0v) is 12.8. The van der Waals surface area contributed by atoms with Crippen LogP contribution in [-0.2, 0) is 16.1 Å². The van der Waals surface area contributed by atoms with Crippen LogP contribution in [0.2, 0.25) is 0 Å². The number of carbonyl (C=O) groups excluding carboxylic acids is 2. The summed E-state index contributed by atoms with van der Waals surface area (Å²) < 4.78 is 5.09. The number of pyridine rings is 1. The number of carbonyl (C=O) groups is 2. The lowest BCUT2D eigenvalue weighted by Gasteiger charge is -2.41. The van der Waals surface area contributed by atoms with Crippen LogP contribution in [0.15, 0.2) is 18.2 Å². The van der Waals surface area contributed by atoms with Crippen molar-refractivity contribution < 1.29 is 14.3 Å². The fourth-order valence-electron chi connectivity index (χ4n) is 2.52. The second-order valence-electron chi connectivity index (χ2n) is 6.18. The van der Waals surface area contributed by atoms with E-state index in [1.165, 1.54) is 0 Å². The Morgan fingerprint density at radius 1 is 1.38 bits per heavy atom. The zero-order chi connectivity index (χ0) is 15.6. The molecule has 0 saturated carbocycles. The molecule has 1 aromatic rings. The Hall–Kier alpha value is -2.11. The quantitative estimate of drug-likeness (QED) is 0.900. The number of hydrogen-bond donors (Lipinski definition) is 1. The average Bonchev–Trinajstić information content (AvgIpc) is 2.41. The van der Waals surface area contributed by atoms with Crippen molar-refractivity contribution in [3.8, 4) is 5.88 Å². The Labute approximate surface area is 124 Å². The molecule has 6 heteroatoms. The molecular formula is C15H21N3O3. The molecule has 1 N–H and O–H groups in total. The van der Waals surface area contributed by atoms with Crippen LogP contribution < -0.4 is 10.1 Å². The lowest BCUT2D eigenvalue weighted by molar-refractivity contribution is -0.150. The number of aromatic nitrogens is 1. The molecule has 1 unspecified atom stereocenters. The average molecular weight is 291 g/mol. The molecule has 2 amide bonds. The summed E-state index contributed by atoms with van der Waals surface area (Å²) in [4.78, 5) is 30.3. The van der Waals surface area contributed by atoms with Crippen LogP contribution in [0, 0.1) is 5.41 Å². The smallest absolute Gasteiger partial charge is 0.243 e. The van der Waals surface area contributed by atoms with Gasteiger partial charge >= 0.3 is 0 Å². The summed E-state index contributed by atoms with van der Waals surface area (Å²) >= 11 is 0. The summed E-state index contributed by atoms with van der Waals surface area (Å²) in [6.07, 6.45) is 0. The van der Waals surface area contributed by atoms with Gasteiger partial charge in [-0.2, -0.15) is 0 Å². The van der Waals surface area contributed by atoms with Gasteiger partial charge in [0, 0.05) is 6.07 Å². The maximum absolute atomic E-state index is 12.2. The third-order valence-electron chi connectivity index (χ3n) is 3.44. The fraction of sp³-hybridized carbons (Fsp3) is 0.533. The van der Waals surface area contributed by atoms with Gasteiger partial charge in [0.1, 0.15) is 6.04 Å². The third-order valence-corrected chi connectivity index (χ3v) is 3.44. The Morgan fingerprint density at radius 2 is 2.10 bits per heavy atom. The first-order valence-electron chi connectivity index (χ1n) is 6.90. The topological polar surface area (TPSA) is 71.5 Å². The van der Waals surface area contributed by atoms with Crippen molar-refractivity contribution >= 4 is 11.8 Å². The van der Waals surface area contributed by atoms with Crippen molar-refractivity contribution in [2.75, 3.05) is 13.7 Å². The van der Waals surface area contributed by atoms with Crippen LogP contribution in [0.4, 0.5) is 0 Å². The summed E-state index contributed by atoms with van der Waals surface area (Å²) in [5.74, 6) is 0.276. The van der Waals surface area contributed by atoms with Gasteiger partial charge in [0.05, 0.1) is 25.9 Å². The molecule has 0 aromatic carbocycles. The van der Waals surface area contributed by atoms with Gasteiger partial charge in [0.2, 0.25) is 17.7 Å². The lowest BCUT2D eigenvalue weighted by atomic mass is 9.84. The molecule has 114 valence electrons. The van der Waals surface area contributed by atoms with Crippen molar-refractivity contribution in [2.24, 2.45) is 5.41 Å². The lowest BCUT2D eigenvalue weighted by Crippen LogP contribution is -2.62. The Balaban J connectivity index is 2.28. The SMILES string of the molecule is COc1cccc(CN2C(=O)CNC(=O)C2C(C)(C)C)n1. The standard InChI is InChI=1S/C15H21N3O3/c1-15(2,3)13-14(20)16-8-12(19)18(13)9-10-6-5-7-11(17-10)21-4/h5-7,13H,8-9H2,1-4H3,(H,16,20). The number of nitrogens with one attached hydrogen (secondary N) is 1. The Morgan fingerprint density at radius 3 is 2.71 bits per heavy atom. The molecule has 0 spiro atoms. The van der Waals surface area contributed by atoms with Crippen molar-refractivity contribution in [1.29, 1.82) is 0 Å². The van der Waals surface area contributed by atoms with E-state index in [4.69, 9.17) is 4.74 Å². The molecule has 1 atom stereocenters. The van der Waals surface area contributed by atoms with Gasteiger partial charge in [-0.05, 0) is 11.5 Å². The first-order chi connectivity index (χ1) is 9.82. The molecular weight excluding hydrogens is 270 g/mol. The summed E-state index contributed by atoms with van der Waals surface area (Å²) in [6.45, 7) is 6.17. The van der Waals surface area contributed by atoms with Crippen LogP contribution in [0.25, 0.3) is 0 Å². The normalized spacial score (nSPS) is 19.4. The molecule has 6 nitrogen and oxygen atoms in total. The summed E-state index contributed by atoms with van der Waals surface area (Å²) in [5.41, 5.74) is 0.352. The second-order valence-corrected chi connectivity index (χ2v) is 6.18. The van der Waals surface area contributed by atoms with E-state index in [0.29, 0.717) is 18.1 Å². The highest BCUT2D eigenvalue weighted by atomic mass is 16.5. The van der Waals surface area contributed by atoms with Crippen LogP contribution in [0.1, 0.15) is 26.5 Å². The monoisotopic (exact) mass is 291 g/mol. The van der Waals surface area contributed by atoms with Gasteiger partial charge in [-0.15, -0.1) is 0 Å². The van der Waals surface area contributed by atoms with E-state index in [-0.39, 0.29) is 23.8 Å². The number of hydrogen-bond acceptors (Lipinski definition) is 4. The molecule has 2 heterocycles. The maximum Gasteiger partial charge on any atom is 0.243 e. The Kier molecular flexibility index (Phi) is 4.16. The van der Waals surface area contributed by atoms with Crippen molar-refractivity contribution in [2.45, 2.75) is 33.4 Å². The molecule has 1 saturated heterocycles. The number of rotatable bonds is 3. The van der Waals surface area contributed by atoms with Gasteiger partial charge in [-0.3, -0.25) is 9.59 Å². The summed E-state index contributed by atoms with van der Waals surface area (Å²) in [7, 11) is 1.55. The van der Waals surface area contributed by atoms with Crippen LogP contribution >= 0.6 is 0 Å². The molecule has 1 aliphatic rings. The van der Waals surface area contributed by atoms with Crippen LogP contribution in [-0.4, -0.2) is 41.4 Å².